The van der Waals surface area contributed by atoms with Gasteiger partial charge in [-0.3, -0.25) is 24.5 Å². The fraction of sp³-hybridized carbons (Fsp3) is 0.294. The molecule has 0 radical (unpaired) electrons. The maximum absolute atomic E-state index is 13.6. The van der Waals surface area contributed by atoms with Crippen molar-refractivity contribution in [1.82, 2.24) is 25.5 Å². The minimum absolute atomic E-state index is 0.0797. The molecule has 2 amide bonds. The lowest BCUT2D eigenvalue weighted by Crippen LogP contribution is -2.49. The van der Waals surface area contributed by atoms with Crippen molar-refractivity contribution in [3.8, 4) is 0 Å². The summed E-state index contributed by atoms with van der Waals surface area (Å²) in [4.78, 5) is 37.1. The number of aliphatic hydroxyl groups is 1. The first-order valence-electron chi connectivity index (χ1n) is 14.2. The number of benzene rings is 3. The number of likely N-dealkylation sites (N-methyl/N-ethyl adjacent to an activating group) is 1. The number of aryl methyl sites for hydroxylation is 1. The molecular weight excluding hydrogens is 526 g/mol. The van der Waals surface area contributed by atoms with Crippen LogP contribution < -0.4 is 10.6 Å². The average Bonchev–Trinajstić information content (AvgIpc) is 3.01. The standard InChI is InChI=1S/C34H39N5O3/c1-23-17-28(33(41)37-24(2)31-21-35-15-16-36-31)20-29(18-23)34(42)38-30(19-26-11-7-5-8-12-26)32(40)22-39(4)25(3)27-13-9-6-10-14-27/h5-18,20-21,24-25,30,32,40H,19,22H2,1-4H3,(H,37,41)(H,38,42)/t24?,25-,30-,32+/m0/s1. The Hall–Kier alpha value is -4.40. The lowest BCUT2D eigenvalue weighted by molar-refractivity contribution is 0.0656. The fourth-order valence-corrected chi connectivity index (χ4v) is 4.90. The van der Waals surface area contributed by atoms with Crippen LogP contribution in [0.4, 0.5) is 0 Å². The summed E-state index contributed by atoms with van der Waals surface area (Å²) < 4.78 is 0. The van der Waals surface area contributed by atoms with Gasteiger partial charge in [0, 0.05) is 36.1 Å². The second kappa shape index (κ2) is 14.5. The third-order valence-electron chi connectivity index (χ3n) is 7.47. The second-order valence-electron chi connectivity index (χ2n) is 10.8. The normalized spacial score (nSPS) is 14.0. The highest BCUT2D eigenvalue weighted by molar-refractivity contribution is 6.00. The third kappa shape index (κ3) is 8.31. The summed E-state index contributed by atoms with van der Waals surface area (Å²) in [7, 11) is 1.97. The summed E-state index contributed by atoms with van der Waals surface area (Å²) >= 11 is 0. The second-order valence-corrected chi connectivity index (χ2v) is 10.8. The van der Waals surface area contributed by atoms with E-state index in [1.165, 1.54) is 0 Å². The van der Waals surface area contributed by atoms with Crippen LogP contribution in [0.15, 0.2) is 97.5 Å². The van der Waals surface area contributed by atoms with E-state index in [1.54, 1.807) is 36.8 Å². The Morgan fingerprint density at radius 1 is 0.881 bits per heavy atom. The van der Waals surface area contributed by atoms with Gasteiger partial charge >= 0.3 is 0 Å². The largest absolute Gasteiger partial charge is 0.390 e. The summed E-state index contributed by atoms with van der Waals surface area (Å²) in [6.45, 7) is 6.12. The van der Waals surface area contributed by atoms with Crippen molar-refractivity contribution in [2.24, 2.45) is 0 Å². The van der Waals surface area contributed by atoms with Crippen LogP contribution in [-0.4, -0.2) is 57.5 Å². The van der Waals surface area contributed by atoms with Gasteiger partial charge in [-0.2, -0.15) is 0 Å². The van der Waals surface area contributed by atoms with Crippen molar-refractivity contribution >= 4 is 11.8 Å². The summed E-state index contributed by atoms with van der Waals surface area (Å²) in [5.74, 6) is -0.670. The third-order valence-corrected chi connectivity index (χ3v) is 7.47. The number of hydrogen-bond acceptors (Lipinski definition) is 6. The Morgan fingerprint density at radius 2 is 1.50 bits per heavy atom. The minimum atomic E-state index is -0.842. The topological polar surface area (TPSA) is 107 Å². The molecule has 4 aromatic rings. The molecule has 8 heteroatoms. The molecule has 1 aromatic heterocycles. The molecule has 0 fully saturated rings. The number of amides is 2. The van der Waals surface area contributed by atoms with Gasteiger partial charge in [-0.1, -0.05) is 60.7 Å². The lowest BCUT2D eigenvalue weighted by atomic mass is 9.98. The van der Waals surface area contributed by atoms with Crippen molar-refractivity contribution in [2.75, 3.05) is 13.6 Å². The number of carbonyl (C=O) groups is 2. The van der Waals surface area contributed by atoms with Gasteiger partial charge < -0.3 is 15.7 Å². The van der Waals surface area contributed by atoms with E-state index >= 15 is 0 Å². The smallest absolute Gasteiger partial charge is 0.251 e. The molecular formula is C34H39N5O3. The molecule has 1 heterocycles. The van der Waals surface area contributed by atoms with Gasteiger partial charge in [-0.25, -0.2) is 0 Å². The van der Waals surface area contributed by atoms with Gasteiger partial charge in [0.15, 0.2) is 0 Å². The summed E-state index contributed by atoms with van der Waals surface area (Å²) in [5.41, 5.74) is 4.28. The molecule has 218 valence electrons. The molecule has 4 atom stereocenters. The van der Waals surface area contributed by atoms with Crippen LogP contribution in [0.5, 0.6) is 0 Å². The zero-order valence-corrected chi connectivity index (χ0v) is 24.6. The Kier molecular flexibility index (Phi) is 10.5. The monoisotopic (exact) mass is 565 g/mol. The van der Waals surface area contributed by atoms with E-state index < -0.39 is 12.1 Å². The molecule has 8 nitrogen and oxygen atoms in total. The summed E-state index contributed by atoms with van der Waals surface area (Å²) in [5, 5.41) is 17.4. The Bertz CT molecular complexity index is 1450. The molecule has 0 aliphatic rings. The number of carbonyl (C=O) groups excluding carboxylic acids is 2. The zero-order chi connectivity index (χ0) is 30.1. The Morgan fingerprint density at radius 3 is 2.12 bits per heavy atom. The van der Waals surface area contributed by atoms with E-state index in [4.69, 9.17) is 0 Å². The first kappa shape index (κ1) is 30.6. The SMILES string of the molecule is Cc1cc(C(=O)NC(C)c2cnccn2)cc(C(=O)N[C@@H](Cc2ccccc2)[C@H](O)CN(C)[C@@H](C)c2ccccc2)c1. The highest BCUT2D eigenvalue weighted by Gasteiger charge is 2.26. The van der Waals surface area contributed by atoms with Gasteiger partial charge in [0.1, 0.15) is 0 Å². The van der Waals surface area contributed by atoms with Crippen molar-refractivity contribution < 1.29 is 14.7 Å². The minimum Gasteiger partial charge on any atom is -0.390 e. The number of nitrogens with zero attached hydrogens (tertiary/aromatic N) is 3. The predicted molar refractivity (Wildman–Crippen MR) is 164 cm³/mol. The molecule has 42 heavy (non-hydrogen) atoms. The van der Waals surface area contributed by atoms with E-state index in [9.17, 15) is 14.7 Å². The number of rotatable bonds is 12. The molecule has 3 aromatic carbocycles. The quantitative estimate of drug-likeness (QED) is 0.231. The van der Waals surface area contributed by atoms with E-state index in [1.807, 2.05) is 69.4 Å². The van der Waals surface area contributed by atoms with Crippen molar-refractivity contribution in [2.45, 2.75) is 51.4 Å². The molecule has 0 bridgehead atoms. The van der Waals surface area contributed by atoms with Crippen LogP contribution >= 0.6 is 0 Å². The number of aliphatic hydroxyl groups excluding tert-OH is 1. The van der Waals surface area contributed by atoms with Crippen LogP contribution in [0.25, 0.3) is 0 Å². The van der Waals surface area contributed by atoms with Crippen LogP contribution in [0.3, 0.4) is 0 Å². The van der Waals surface area contributed by atoms with Crippen molar-refractivity contribution in [3.63, 3.8) is 0 Å². The van der Waals surface area contributed by atoms with Gasteiger partial charge in [0.05, 0.1) is 30.1 Å². The maximum Gasteiger partial charge on any atom is 0.251 e. The fourth-order valence-electron chi connectivity index (χ4n) is 4.90. The highest BCUT2D eigenvalue weighted by atomic mass is 16.3. The van der Waals surface area contributed by atoms with Crippen LogP contribution in [0.2, 0.25) is 0 Å². The average molecular weight is 566 g/mol. The van der Waals surface area contributed by atoms with E-state index in [0.717, 1.165) is 16.7 Å². The summed E-state index contributed by atoms with van der Waals surface area (Å²) in [6.07, 6.45) is 4.37. The van der Waals surface area contributed by atoms with Crippen molar-refractivity contribution in [1.29, 1.82) is 0 Å². The molecule has 0 saturated heterocycles. The molecule has 0 saturated carbocycles. The summed E-state index contributed by atoms with van der Waals surface area (Å²) in [6, 6.07) is 24.1. The van der Waals surface area contributed by atoms with Crippen molar-refractivity contribution in [3.05, 3.63) is 131 Å². The molecule has 0 aliphatic heterocycles. The van der Waals surface area contributed by atoms with Crippen LogP contribution in [-0.2, 0) is 6.42 Å². The molecule has 3 N–H and O–H groups in total. The van der Waals surface area contributed by atoms with Crippen LogP contribution in [0.1, 0.15) is 69.0 Å². The maximum atomic E-state index is 13.6. The van der Waals surface area contributed by atoms with Crippen LogP contribution in [0, 0.1) is 6.92 Å². The van der Waals surface area contributed by atoms with E-state index in [0.29, 0.717) is 29.8 Å². The number of aromatic nitrogens is 2. The molecule has 1 unspecified atom stereocenters. The van der Waals surface area contributed by atoms with Gasteiger partial charge in [0.25, 0.3) is 11.8 Å². The Balaban J connectivity index is 1.50. The zero-order valence-electron chi connectivity index (χ0n) is 24.6. The molecule has 0 spiro atoms. The lowest BCUT2D eigenvalue weighted by Gasteiger charge is -2.31. The molecule has 0 aliphatic carbocycles. The van der Waals surface area contributed by atoms with Gasteiger partial charge in [-0.15, -0.1) is 0 Å². The number of hydrogen-bond donors (Lipinski definition) is 3. The highest BCUT2D eigenvalue weighted by Crippen LogP contribution is 2.20. The van der Waals surface area contributed by atoms with E-state index in [-0.39, 0.29) is 23.9 Å². The van der Waals surface area contributed by atoms with Gasteiger partial charge in [0.2, 0.25) is 0 Å². The van der Waals surface area contributed by atoms with E-state index in [2.05, 4.69) is 44.6 Å². The van der Waals surface area contributed by atoms with Gasteiger partial charge in [-0.05, 0) is 69.1 Å². The molecule has 4 rings (SSSR count). The first-order valence-corrected chi connectivity index (χ1v) is 14.2. The number of nitrogens with one attached hydrogen (secondary N) is 2. The Labute approximate surface area is 247 Å². The first-order chi connectivity index (χ1) is 20.2. The predicted octanol–water partition coefficient (Wildman–Crippen LogP) is 4.67.